The number of amides is 1. The summed E-state index contributed by atoms with van der Waals surface area (Å²) in [6.07, 6.45) is 4.00. The average molecular weight is 267 g/mol. The molecule has 3 rings (SSSR count). The number of rotatable bonds is 3. The number of carbonyl (C=O) groups is 1. The average Bonchev–Trinajstić information content (AvgIpc) is 3.00. The molecule has 1 aromatic rings. The molecule has 1 aromatic heterocycles. The van der Waals surface area contributed by atoms with Crippen LogP contribution in [0.3, 0.4) is 0 Å². The summed E-state index contributed by atoms with van der Waals surface area (Å²) in [5, 5.41) is 12.9. The smallest absolute Gasteiger partial charge is 0.261 e. The van der Waals surface area contributed by atoms with Gasteiger partial charge in [0.2, 0.25) is 0 Å². The van der Waals surface area contributed by atoms with Crippen LogP contribution >= 0.6 is 11.3 Å². The van der Waals surface area contributed by atoms with Gasteiger partial charge in [-0.05, 0) is 30.9 Å². The molecule has 18 heavy (non-hydrogen) atoms. The van der Waals surface area contributed by atoms with Crippen LogP contribution in [0.5, 0.6) is 0 Å². The number of aryl methyl sites for hydroxylation is 2. The molecule has 1 amide bonds. The van der Waals surface area contributed by atoms with Gasteiger partial charge in [-0.25, -0.2) is 0 Å². The van der Waals surface area contributed by atoms with Crippen molar-refractivity contribution in [3.05, 3.63) is 21.4 Å². The second-order valence-electron chi connectivity index (χ2n) is 5.12. The van der Waals surface area contributed by atoms with Crippen molar-refractivity contribution < 1.29 is 14.6 Å². The number of nitrogens with one attached hydrogen (secondary N) is 1. The Morgan fingerprint density at radius 1 is 1.56 bits per heavy atom. The van der Waals surface area contributed by atoms with Crippen molar-refractivity contribution in [3.63, 3.8) is 0 Å². The molecule has 0 spiro atoms. The van der Waals surface area contributed by atoms with Crippen molar-refractivity contribution in [2.24, 2.45) is 0 Å². The van der Waals surface area contributed by atoms with Crippen molar-refractivity contribution in [2.75, 3.05) is 19.8 Å². The van der Waals surface area contributed by atoms with E-state index in [4.69, 9.17) is 4.74 Å². The van der Waals surface area contributed by atoms with E-state index >= 15 is 0 Å². The maximum absolute atomic E-state index is 12.0. The van der Waals surface area contributed by atoms with Crippen LogP contribution in [0.4, 0.5) is 0 Å². The van der Waals surface area contributed by atoms with Crippen LogP contribution in [0, 0.1) is 0 Å². The fourth-order valence-corrected chi connectivity index (χ4v) is 3.68. The number of hydrogen-bond acceptors (Lipinski definition) is 4. The van der Waals surface area contributed by atoms with Crippen LogP contribution in [-0.4, -0.2) is 36.4 Å². The second-order valence-corrected chi connectivity index (χ2v) is 6.26. The molecule has 1 unspecified atom stereocenters. The highest BCUT2D eigenvalue weighted by atomic mass is 32.1. The van der Waals surface area contributed by atoms with E-state index in [9.17, 15) is 9.90 Å². The molecule has 1 aliphatic heterocycles. The van der Waals surface area contributed by atoms with Crippen molar-refractivity contribution in [2.45, 2.75) is 31.3 Å². The van der Waals surface area contributed by atoms with E-state index in [1.54, 1.807) is 11.3 Å². The summed E-state index contributed by atoms with van der Waals surface area (Å²) in [6.45, 7) is 1.16. The lowest BCUT2D eigenvalue weighted by molar-refractivity contribution is 0.0265. The zero-order valence-corrected chi connectivity index (χ0v) is 11.0. The Kier molecular flexibility index (Phi) is 3.13. The van der Waals surface area contributed by atoms with E-state index in [0.717, 1.165) is 17.7 Å². The van der Waals surface area contributed by atoms with Crippen molar-refractivity contribution in [1.82, 2.24) is 5.32 Å². The molecular weight excluding hydrogens is 250 g/mol. The molecule has 4 nitrogen and oxygen atoms in total. The van der Waals surface area contributed by atoms with Crippen LogP contribution in [0.25, 0.3) is 0 Å². The molecule has 5 heteroatoms. The zero-order chi connectivity index (χ0) is 12.6. The quantitative estimate of drug-likeness (QED) is 0.863. The first-order valence-corrected chi connectivity index (χ1v) is 7.18. The molecule has 1 aliphatic carbocycles. The van der Waals surface area contributed by atoms with E-state index < -0.39 is 5.60 Å². The standard InChI is InChI=1S/C13H17NO3S/c15-12(14-7-13(16)4-5-17-8-13)11-6-9-2-1-3-10(9)18-11/h6,16H,1-5,7-8H2,(H,14,15). The summed E-state index contributed by atoms with van der Waals surface area (Å²) < 4.78 is 5.15. The monoisotopic (exact) mass is 267 g/mol. The summed E-state index contributed by atoms with van der Waals surface area (Å²) in [5.74, 6) is -0.0743. The largest absolute Gasteiger partial charge is 0.386 e. The van der Waals surface area contributed by atoms with E-state index in [-0.39, 0.29) is 12.5 Å². The Balaban J connectivity index is 1.60. The van der Waals surface area contributed by atoms with Gasteiger partial charge in [0.25, 0.3) is 5.91 Å². The van der Waals surface area contributed by atoms with Gasteiger partial charge in [-0.15, -0.1) is 11.3 Å². The summed E-state index contributed by atoms with van der Waals surface area (Å²) >= 11 is 1.59. The number of fused-ring (bicyclic) bond motifs is 1. The van der Waals surface area contributed by atoms with Crippen molar-refractivity contribution in [3.8, 4) is 0 Å². The minimum Gasteiger partial charge on any atom is -0.386 e. The third kappa shape index (κ3) is 2.30. The van der Waals surface area contributed by atoms with Gasteiger partial charge < -0.3 is 15.2 Å². The third-order valence-corrected chi connectivity index (χ3v) is 4.87. The molecule has 2 aliphatic rings. The highest BCUT2D eigenvalue weighted by Gasteiger charge is 2.32. The van der Waals surface area contributed by atoms with E-state index in [1.165, 1.54) is 16.9 Å². The lowest BCUT2D eigenvalue weighted by Crippen LogP contribution is -2.43. The lowest BCUT2D eigenvalue weighted by Gasteiger charge is -2.20. The molecular formula is C13H17NO3S. The molecule has 0 saturated carbocycles. The number of carbonyl (C=O) groups excluding carboxylic acids is 1. The number of thiophene rings is 1. The van der Waals surface area contributed by atoms with E-state index in [2.05, 4.69) is 5.32 Å². The Morgan fingerprint density at radius 3 is 3.17 bits per heavy atom. The predicted molar refractivity (Wildman–Crippen MR) is 69.1 cm³/mol. The second kappa shape index (κ2) is 4.64. The normalized spacial score (nSPS) is 26.3. The van der Waals surface area contributed by atoms with Gasteiger partial charge >= 0.3 is 0 Å². The minimum atomic E-state index is -0.879. The molecule has 0 radical (unpaired) electrons. The predicted octanol–water partition coefficient (Wildman–Crippen LogP) is 1.12. The molecule has 2 heterocycles. The van der Waals surface area contributed by atoms with Gasteiger partial charge in [0.1, 0.15) is 5.60 Å². The number of ether oxygens (including phenoxy) is 1. The lowest BCUT2D eigenvalue weighted by atomic mass is 10.0. The molecule has 0 aromatic carbocycles. The maximum Gasteiger partial charge on any atom is 0.261 e. The van der Waals surface area contributed by atoms with E-state index in [1.807, 2.05) is 6.07 Å². The highest BCUT2D eigenvalue weighted by molar-refractivity contribution is 7.14. The third-order valence-electron chi connectivity index (χ3n) is 3.63. The fourth-order valence-electron chi connectivity index (χ4n) is 2.51. The fraction of sp³-hybridized carbons (Fsp3) is 0.615. The first-order chi connectivity index (χ1) is 8.66. The molecule has 1 atom stereocenters. The Hall–Kier alpha value is -0.910. The van der Waals surface area contributed by atoms with Crippen LogP contribution < -0.4 is 5.32 Å². The first kappa shape index (κ1) is 12.1. The zero-order valence-electron chi connectivity index (χ0n) is 10.2. The number of aliphatic hydroxyl groups is 1. The first-order valence-electron chi connectivity index (χ1n) is 6.36. The summed E-state index contributed by atoms with van der Waals surface area (Å²) in [4.78, 5) is 14.1. The van der Waals surface area contributed by atoms with Crippen molar-refractivity contribution >= 4 is 17.2 Å². The van der Waals surface area contributed by atoms with Gasteiger partial charge in [-0.2, -0.15) is 0 Å². The van der Waals surface area contributed by atoms with Crippen LogP contribution in [0.1, 0.15) is 33.0 Å². The van der Waals surface area contributed by atoms with Gasteiger partial charge in [0.05, 0.1) is 11.5 Å². The van der Waals surface area contributed by atoms with Gasteiger partial charge in [0.15, 0.2) is 0 Å². The van der Waals surface area contributed by atoms with Crippen LogP contribution in [0.2, 0.25) is 0 Å². The van der Waals surface area contributed by atoms with Crippen LogP contribution in [0.15, 0.2) is 6.07 Å². The minimum absolute atomic E-state index is 0.0743. The maximum atomic E-state index is 12.0. The molecule has 98 valence electrons. The summed E-state index contributed by atoms with van der Waals surface area (Å²) in [7, 11) is 0. The SMILES string of the molecule is O=C(NCC1(O)CCOC1)c1cc2c(s1)CCC2. The van der Waals surface area contributed by atoms with Gasteiger partial charge in [0, 0.05) is 24.4 Å². The Labute approximate surface area is 110 Å². The Bertz CT molecular complexity index is 441. The van der Waals surface area contributed by atoms with Crippen molar-refractivity contribution in [1.29, 1.82) is 0 Å². The summed E-state index contributed by atoms with van der Waals surface area (Å²) in [5.41, 5.74) is 0.448. The molecule has 2 N–H and O–H groups in total. The summed E-state index contributed by atoms with van der Waals surface area (Å²) in [6, 6.07) is 2.00. The van der Waals surface area contributed by atoms with Gasteiger partial charge in [-0.1, -0.05) is 0 Å². The Morgan fingerprint density at radius 2 is 2.44 bits per heavy atom. The highest BCUT2D eigenvalue weighted by Crippen LogP contribution is 2.30. The van der Waals surface area contributed by atoms with Gasteiger partial charge in [-0.3, -0.25) is 4.79 Å². The topological polar surface area (TPSA) is 58.6 Å². The number of hydrogen-bond donors (Lipinski definition) is 2. The molecule has 1 saturated heterocycles. The van der Waals surface area contributed by atoms with Crippen LogP contribution in [-0.2, 0) is 17.6 Å². The van der Waals surface area contributed by atoms with E-state index in [0.29, 0.717) is 19.6 Å². The molecule has 1 fully saturated rings. The molecule has 0 bridgehead atoms.